The van der Waals surface area contributed by atoms with E-state index < -0.39 is 0 Å². The van der Waals surface area contributed by atoms with Crippen LogP contribution in [0.1, 0.15) is 44.0 Å². The normalized spacial score (nSPS) is 25.1. The highest BCUT2D eigenvalue weighted by molar-refractivity contribution is 5.99. The Labute approximate surface area is 200 Å². The van der Waals surface area contributed by atoms with E-state index in [1.165, 1.54) is 17.7 Å². The number of likely N-dealkylation sites (N-methyl/N-ethyl adjacent to an activating group) is 1. The number of carbonyl (C=O) groups is 1. The molecule has 2 aliphatic carbocycles. The summed E-state index contributed by atoms with van der Waals surface area (Å²) in [6.07, 6.45) is 3.47. The summed E-state index contributed by atoms with van der Waals surface area (Å²) in [5, 5.41) is 7.93. The minimum atomic E-state index is -0.183. The lowest BCUT2D eigenvalue weighted by Crippen LogP contribution is -2.51. The van der Waals surface area contributed by atoms with E-state index in [4.69, 9.17) is 9.72 Å². The van der Waals surface area contributed by atoms with Gasteiger partial charge in [0.2, 0.25) is 5.91 Å². The number of carbonyl (C=O) groups excluding carboxylic acids is 1. The Hall–Kier alpha value is -2.71. The smallest absolute Gasteiger partial charge is 0.244 e. The number of hydrogen-bond donors (Lipinski definition) is 2. The number of imidazole rings is 1. The first-order chi connectivity index (χ1) is 16.4. The zero-order chi connectivity index (χ0) is 23.6. The molecule has 2 N–H and O–H groups in total. The monoisotopic (exact) mass is 462 g/mol. The van der Waals surface area contributed by atoms with Crippen LogP contribution in [0.4, 0.5) is 5.69 Å². The minimum Gasteiger partial charge on any atom is -0.379 e. The van der Waals surface area contributed by atoms with Crippen molar-refractivity contribution in [3.8, 4) is 11.5 Å². The largest absolute Gasteiger partial charge is 0.379 e. The third-order valence-corrected chi connectivity index (χ3v) is 8.37. The van der Waals surface area contributed by atoms with Crippen LogP contribution in [-0.2, 0) is 22.4 Å². The summed E-state index contributed by atoms with van der Waals surface area (Å²) in [7, 11) is 0. The fraction of sp³-hybridized carbons (Fsp3) is 0.577. The number of nitrogens with one attached hydrogen (secondary N) is 2. The summed E-state index contributed by atoms with van der Waals surface area (Å²) in [4.78, 5) is 26.0. The molecule has 2 fully saturated rings. The van der Waals surface area contributed by atoms with Gasteiger partial charge in [-0.25, -0.2) is 4.98 Å². The molecule has 3 aromatic rings. The van der Waals surface area contributed by atoms with Crippen LogP contribution in [-0.4, -0.2) is 69.9 Å². The molecule has 1 aromatic carbocycles. The minimum absolute atomic E-state index is 0.122. The highest BCUT2D eigenvalue weighted by atomic mass is 16.5. The van der Waals surface area contributed by atoms with Crippen molar-refractivity contribution in [3.05, 3.63) is 29.0 Å². The molecular formula is C26H34N6O2. The first kappa shape index (κ1) is 21.8. The molecule has 1 saturated heterocycles. The number of H-pyrrole nitrogens is 2. The first-order valence-electron chi connectivity index (χ1n) is 12.6. The van der Waals surface area contributed by atoms with Gasteiger partial charge in [0.25, 0.3) is 0 Å². The Morgan fingerprint density at radius 2 is 2.15 bits per heavy atom. The van der Waals surface area contributed by atoms with Gasteiger partial charge in [-0.1, -0.05) is 6.92 Å². The number of nitrogens with zero attached hydrogens (tertiary/aromatic N) is 4. The van der Waals surface area contributed by atoms with E-state index in [0.29, 0.717) is 25.2 Å². The standard InChI is InChI=1S/C26H34N6O2/c1-5-32(25(33)16(3)31-6-8-34-9-7-31)22-12-20-19(10-15(22)2)27-24(28-20)23-18-11-17-13-26(17,4)14-21(18)29-30-23/h10,12,16-17H,5-9,11,13-14H2,1-4H3,(H,27,28)(H,29,30)/t16-,17+,26+/m0/s1. The zero-order valence-electron chi connectivity index (χ0n) is 20.6. The number of amides is 1. The second-order valence-corrected chi connectivity index (χ2v) is 10.6. The van der Waals surface area contributed by atoms with Crippen LogP contribution in [0, 0.1) is 18.3 Å². The van der Waals surface area contributed by atoms with Gasteiger partial charge in [0, 0.05) is 36.6 Å². The van der Waals surface area contributed by atoms with Gasteiger partial charge in [0.1, 0.15) is 5.69 Å². The van der Waals surface area contributed by atoms with Crippen molar-refractivity contribution in [2.75, 3.05) is 37.7 Å². The van der Waals surface area contributed by atoms with E-state index in [2.05, 4.69) is 46.1 Å². The van der Waals surface area contributed by atoms with Crippen molar-refractivity contribution < 1.29 is 9.53 Å². The Morgan fingerprint density at radius 1 is 1.35 bits per heavy atom. The molecule has 0 radical (unpaired) electrons. The van der Waals surface area contributed by atoms with Gasteiger partial charge in [0.05, 0.1) is 30.3 Å². The molecule has 1 amide bonds. The molecule has 3 heterocycles. The molecule has 0 unspecified atom stereocenters. The molecule has 3 aliphatic rings. The highest BCUT2D eigenvalue weighted by Gasteiger charge is 2.53. The number of ether oxygens (including phenoxy) is 1. The quantitative estimate of drug-likeness (QED) is 0.606. The molecule has 3 atom stereocenters. The molecule has 0 bridgehead atoms. The van der Waals surface area contributed by atoms with Crippen LogP contribution in [0.15, 0.2) is 12.1 Å². The van der Waals surface area contributed by atoms with E-state index in [0.717, 1.165) is 65.7 Å². The summed E-state index contributed by atoms with van der Waals surface area (Å²) in [5.74, 6) is 1.70. The van der Waals surface area contributed by atoms with Crippen LogP contribution in [0.2, 0.25) is 0 Å². The average Bonchev–Trinajstić information content (AvgIpc) is 3.12. The lowest BCUT2D eigenvalue weighted by Gasteiger charge is -2.34. The molecule has 8 nitrogen and oxygen atoms in total. The van der Waals surface area contributed by atoms with E-state index in [-0.39, 0.29) is 11.9 Å². The van der Waals surface area contributed by atoms with E-state index in [1.54, 1.807) is 0 Å². The second-order valence-electron chi connectivity index (χ2n) is 10.6. The molecule has 1 aliphatic heterocycles. The number of aromatic amines is 2. The summed E-state index contributed by atoms with van der Waals surface area (Å²) in [6.45, 7) is 12.0. The molecule has 34 heavy (non-hydrogen) atoms. The molecule has 180 valence electrons. The predicted octanol–water partition coefficient (Wildman–Crippen LogP) is 3.46. The van der Waals surface area contributed by atoms with Crippen molar-refractivity contribution in [2.45, 2.75) is 53.0 Å². The summed E-state index contributed by atoms with van der Waals surface area (Å²) in [5.41, 5.74) is 7.83. The van der Waals surface area contributed by atoms with Crippen LogP contribution < -0.4 is 4.90 Å². The van der Waals surface area contributed by atoms with E-state index in [1.807, 2.05) is 18.7 Å². The summed E-state index contributed by atoms with van der Waals surface area (Å²) in [6, 6.07) is 3.97. The number of benzene rings is 1. The number of anilines is 1. The topological polar surface area (TPSA) is 90.1 Å². The fourth-order valence-electron chi connectivity index (χ4n) is 6.00. The maximum Gasteiger partial charge on any atom is 0.244 e. The van der Waals surface area contributed by atoms with Gasteiger partial charge >= 0.3 is 0 Å². The van der Waals surface area contributed by atoms with Gasteiger partial charge in [0.15, 0.2) is 5.82 Å². The molecule has 8 heteroatoms. The van der Waals surface area contributed by atoms with Gasteiger partial charge < -0.3 is 14.6 Å². The number of fused-ring (bicyclic) bond motifs is 3. The number of morpholine rings is 1. The van der Waals surface area contributed by atoms with E-state index >= 15 is 0 Å². The maximum atomic E-state index is 13.5. The highest BCUT2D eigenvalue weighted by Crippen LogP contribution is 2.59. The van der Waals surface area contributed by atoms with Crippen molar-refractivity contribution in [2.24, 2.45) is 11.3 Å². The maximum absolute atomic E-state index is 13.5. The van der Waals surface area contributed by atoms with Gasteiger partial charge in [-0.3, -0.25) is 14.8 Å². The van der Waals surface area contributed by atoms with Crippen LogP contribution in [0.5, 0.6) is 0 Å². The Bertz CT molecular complexity index is 1260. The van der Waals surface area contributed by atoms with Crippen LogP contribution >= 0.6 is 0 Å². The third-order valence-electron chi connectivity index (χ3n) is 8.37. The van der Waals surface area contributed by atoms with Gasteiger partial charge in [-0.15, -0.1) is 0 Å². The predicted molar refractivity (Wildman–Crippen MR) is 132 cm³/mol. The molecule has 6 rings (SSSR count). The number of hydrogen-bond acceptors (Lipinski definition) is 5. The lowest BCUT2D eigenvalue weighted by molar-refractivity contribution is -0.124. The first-order valence-corrected chi connectivity index (χ1v) is 12.6. The Balaban J connectivity index is 1.31. The van der Waals surface area contributed by atoms with Crippen molar-refractivity contribution >= 4 is 22.6 Å². The van der Waals surface area contributed by atoms with Crippen LogP contribution in [0.3, 0.4) is 0 Å². The zero-order valence-corrected chi connectivity index (χ0v) is 20.6. The molecule has 2 aromatic heterocycles. The third kappa shape index (κ3) is 3.46. The number of aryl methyl sites for hydroxylation is 1. The van der Waals surface area contributed by atoms with Gasteiger partial charge in [-0.05, 0) is 69.1 Å². The molecular weight excluding hydrogens is 428 g/mol. The SMILES string of the molecule is CCN(C(=O)[C@H](C)N1CCOCC1)c1cc2nc(-c3n[nH]c4c3C[C@@H]3C[C@]3(C)C4)[nH]c2cc1C. The lowest BCUT2D eigenvalue weighted by atomic mass is 9.88. The summed E-state index contributed by atoms with van der Waals surface area (Å²) >= 11 is 0. The number of aromatic nitrogens is 4. The molecule has 1 saturated carbocycles. The number of rotatable bonds is 5. The Kier molecular flexibility index (Phi) is 5.08. The second kappa shape index (κ2) is 7.92. The van der Waals surface area contributed by atoms with Crippen molar-refractivity contribution in [1.82, 2.24) is 25.1 Å². The van der Waals surface area contributed by atoms with Gasteiger partial charge in [-0.2, -0.15) is 5.10 Å². The van der Waals surface area contributed by atoms with E-state index in [9.17, 15) is 4.79 Å². The molecule has 0 spiro atoms. The fourth-order valence-corrected chi connectivity index (χ4v) is 6.00. The Morgan fingerprint density at radius 3 is 2.91 bits per heavy atom. The van der Waals surface area contributed by atoms with Crippen molar-refractivity contribution in [1.29, 1.82) is 0 Å². The average molecular weight is 463 g/mol. The van der Waals surface area contributed by atoms with Crippen LogP contribution in [0.25, 0.3) is 22.6 Å². The summed E-state index contributed by atoms with van der Waals surface area (Å²) < 4.78 is 5.46. The van der Waals surface area contributed by atoms with Crippen molar-refractivity contribution in [3.63, 3.8) is 0 Å².